The molecule has 3 aromatic rings. The number of anilines is 1. The van der Waals surface area contributed by atoms with E-state index in [2.05, 4.69) is 9.71 Å². The monoisotopic (exact) mass is 463 g/mol. The molecule has 3 aromatic carbocycles. The van der Waals surface area contributed by atoms with Crippen LogP contribution in [0.15, 0.2) is 94.2 Å². The van der Waals surface area contributed by atoms with E-state index in [0.29, 0.717) is 16.8 Å². The van der Waals surface area contributed by atoms with Gasteiger partial charge < -0.3 is 15.0 Å². The molecule has 0 fully saturated rings. The smallest absolute Gasteiger partial charge is 0.338 e. The molecule has 168 valence electrons. The molecule has 0 aliphatic carbocycles. The first-order chi connectivity index (χ1) is 16.0. The number of nitrogens with one attached hydrogen (secondary N) is 1. The van der Waals surface area contributed by atoms with Crippen LogP contribution in [0.4, 0.5) is 5.69 Å². The second kappa shape index (κ2) is 9.66. The van der Waals surface area contributed by atoms with Gasteiger partial charge in [-0.05, 0) is 36.4 Å². The Morgan fingerprint density at radius 1 is 0.879 bits per heavy atom. The number of para-hydroxylation sites is 1. The molecule has 0 saturated carbocycles. The molecule has 0 unspecified atom stereocenters. The Labute approximate surface area is 191 Å². The first-order valence-corrected chi connectivity index (χ1v) is 11.7. The second-order valence-corrected chi connectivity index (χ2v) is 8.73. The number of hydrogen-bond acceptors (Lipinski definition) is 6. The van der Waals surface area contributed by atoms with Crippen LogP contribution in [0.25, 0.3) is 0 Å². The first-order valence-electron chi connectivity index (χ1n) is 10.2. The van der Waals surface area contributed by atoms with Gasteiger partial charge in [-0.25, -0.2) is 4.79 Å². The van der Waals surface area contributed by atoms with E-state index >= 15 is 0 Å². The van der Waals surface area contributed by atoms with E-state index in [-0.39, 0.29) is 36.3 Å². The van der Waals surface area contributed by atoms with E-state index in [4.69, 9.17) is 4.74 Å². The lowest BCUT2D eigenvalue weighted by Gasteiger charge is -2.24. The summed E-state index contributed by atoms with van der Waals surface area (Å²) >= 11 is 0. The number of amides is 1. The standard InChI is InChI=1S/C24H21N3O5S/c28-22(25-15-16-32-24(29)18-9-3-1-4-10-18)17-27(19-11-5-2-6-12-19)23-20-13-7-8-14-21(20)33(30,31)26-23/h1-14H,15-17H2,(H,25,28). The fourth-order valence-electron chi connectivity index (χ4n) is 3.37. The summed E-state index contributed by atoms with van der Waals surface area (Å²) in [5, 5.41) is 2.70. The van der Waals surface area contributed by atoms with Crippen molar-refractivity contribution in [2.75, 3.05) is 24.6 Å². The largest absolute Gasteiger partial charge is 0.460 e. The van der Waals surface area contributed by atoms with Crippen LogP contribution in [0.1, 0.15) is 15.9 Å². The molecule has 1 aliphatic rings. The molecule has 0 saturated heterocycles. The van der Waals surface area contributed by atoms with Crippen LogP contribution in [-0.2, 0) is 19.6 Å². The second-order valence-electron chi connectivity index (χ2n) is 7.16. The van der Waals surface area contributed by atoms with Crippen molar-refractivity contribution in [3.8, 4) is 0 Å². The van der Waals surface area contributed by atoms with E-state index in [0.717, 1.165) is 0 Å². The molecule has 0 spiro atoms. The molecule has 1 amide bonds. The van der Waals surface area contributed by atoms with Gasteiger partial charge in [-0.15, -0.1) is 4.40 Å². The molecular formula is C24H21N3O5S. The number of carbonyl (C=O) groups is 2. The molecule has 9 heteroatoms. The number of sulfonamides is 1. The Morgan fingerprint density at radius 2 is 1.52 bits per heavy atom. The van der Waals surface area contributed by atoms with Gasteiger partial charge in [0.15, 0.2) is 5.84 Å². The number of amidine groups is 1. The Hall–Kier alpha value is -3.98. The maximum atomic E-state index is 12.7. The predicted octanol–water partition coefficient (Wildman–Crippen LogP) is 2.62. The van der Waals surface area contributed by atoms with Gasteiger partial charge in [0, 0.05) is 11.3 Å². The summed E-state index contributed by atoms with van der Waals surface area (Å²) in [7, 11) is -3.84. The Morgan fingerprint density at radius 3 is 2.24 bits per heavy atom. The van der Waals surface area contributed by atoms with Crippen LogP contribution in [0.3, 0.4) is 0 Å². The van der Waals surface area contributed by atoms with Crippen LogP contribution < -0.4 is 10.2 Å². The van der Waals surface area contributed by atoms with E-state index < -0.39 is 16.0 Å². The summed E-state index contributed by atoms with van der Waals surface area (Å²) in [6.45, 7) is -0.0519. The van der Waals surface area contributed by atoms with Crippen LogP contribution in [0, 0.1) is 0 Å². The van der Waals surface area contributed by atoms with Gasteiger partial charge in [-0.2, -0.15) is 8.42 Å². The predicted molar refractivity (Wildman–Crippen MR) is 124 cm³/mol. The summed E-state index contributed by atoms with van der Waals surface area (Å²) in [6, 6.07) is 24.0. The van der Waals surface area contributed by atoms with Crippen LogP contribution in [0.2, 0.25) is 0 Å². The highest BCUT2D eigenvalue weighted by molar-refractivity contribution is 7.90. The van der Waals surface area contributed by atoms with Gasteiger partial charge in [-0.1, -0.05) is 48.5 Å². The number of hydrogen-bond donors (Lipinski definition) is 1. The average Bonchev–Trinajstić information content (AvgIpc) is 3.12. The lowest BCUT2D eigenvalue weighted by atomic mass is 10.1. The maximum Gasteiger partial charge on any atom is 0.338 e. The van der Waals surface area contributed by atoms with E-state index in [9.17, 15) is 18.0 Å². The van der Waals surface area contributed by atoms with Gasteiger partial charge in [-0.3, -0.25) is 4.79 Å². The minimum atomic E-state index is -3.84. The summed E-state index contributed by atoms with van der Waals surface area (Å²) in [5.74, 6) is -0.667. The van der Waals surface area contributed by atoms with Crippen molar-refractivity contribution >= 4 is 33.4 Å². The number of benzene rings is 3. The Balaban J connectivity index is 1.44. The van der Waals surface area contributed by atoms with Crippen molar-refractivity contribution in [1.82, 2.24) is 5.32 Å². The molecule has 8 nitrogen and oxygen atoms in total. The molecule has 1 heterocycles. The Kier molecular flexibility index (Phi) is 6.50. The SMILES string of the molecule is O=C(CN(C1=NS(=O)(=O)c2ccccc21)c1ccccc1)NCCOC(=O)c1ccccc1. The lowest BCUT2D eigenvalue weighted by molar-refractivity contribution is -0.119. The normalized spacial score (nSPS) is 13.5. The first kappa shape index (κ1) is 22.2. The van der Waals surface area contributed by atoms with Crippen LogP contribution in [-0.4, -0.2) is 45.8 Å². The zero-order chi connectivity index (χ0) is 23.3. The number of rotatable bonds is 7. The number of ether oxygens (including phenoxy) is 1. The third-order valence-electron chi connectivity index (χ3n) is 4.90. The van der Waals surface area contributed by atoms with E-state index in [1.54, 1.807) is 77.7 Å². The number of nitrogens with zero attached hydrogens (tertiary/aromatic N) is 2. The maximum absolute atomic E-state index is 12.7. The number of carbonyl (C=O) groups excluding carboxylic acids is 2. The molecule has 1 aliphatic heterocycles. The molecular weight excluding hydrogens is 442 g/mol. The highest BCUT2D eigenvalue weighted by Crippen LogP contribution is 2.29. The summed E-state index contributed by atoms with van der Waals surface area (Å²) in [4.78, 5) is 26.3. The van der Waals surface area contributed by atoms with Crippen molar-refractivity contribution < 1.29 is 22.7 Å². The van der Waals surface area contributed by atoms with Crippen molar-refractivity contribution in [2.45, 2.75) is 4.90 Å². The minimum absolute atomic E-state index is 0.00294. The third-order valence-corrected chi connectivity index (χ3v) is 6.23. The van der Waals surface area contributed by atoms with Gasteiger partial charge in [0.25, 0.3) is 10.0 Å². The van der Waals surface area contributed by atoms with Gasteiger partial charge in [0.2, 0.25) is 5.91 Å². The zero-order valence-corrected chi connectivity index (χ0v) is 18.4. The fraction of sp³-hybridized carbons (Fsp3) is 0.125. The lowest BCUT2D eigenvalue weighted by Crippen LogP contribution is -2.41. The molecule has 1 N–H and O–H groups in total. The molecule has 0 atom stereocenters. The number of esters is 1. The summed E-state index contributed by atoms with van der Waals surface area (Å²) in [5.41, 5.74) is 1.48. The minimum Gasteiger partial charge on any atom is -0.460 e. The van der Waals surface area contributed by atoms with Crippen molar-refractivity contribution in [3.05, 3.63) is 96.1 Å². The van der Waals surface area contributed by atoms with Crippen molar-refractivity contribution in [3.63, 3.8) is 0 Å². The van der Waals surface area contributed by atoms with Gasteiger partial charge in [0.05, 0.1) is 12.1 Å². The quantitative estimate of drug-likeness (QED) is 0.427. The zero-order valence-electron chi connectivity index (χ0n) is 17.5. The van der Waals surface area contributed by atoms with Gasteiger partial charge in [0.1, 0.15) is 18.0 Å². The van der Waals surface area contributed by atoms with Crippen molar-refractivity contribution in [1.29, 1.82) is 0 Å². The molecule has 0 radical (unpaired) electrons. The van der Waals surface area contributed by atoms with Crippen LogP contribution >= 0.6 is 0 Å². The Bertz CT molecular complexity index is 1290. The summed E-state index contributed by atoms with van der Waals surface area (Å²) < 4.78 is 34.1. The molecule has 0 aromatic heterocycles. The van der Waals surface area contributed by atoms with Crippen molar-refractivity contribution in [2.24, 2.45) is 4.40 Å². The molecule has 0 bridgehead atoms. The van der Waals surface area contributed by atoms with Crippen LogP contribution in [0.5, 0.6) is 0 Å². The summed E-state index contributed by atoms with van der Waals surface area (Å²) in [6.07, 6.45) is 0. The highest BCUT2D eigenvalue weighted by Gasteiger charge is 2.33. The highest BCUT2D eigenvalue weighted by atomic mass is 32.2. The van der Waals surface area contributed by atoms with Gasteiger partial charge >= 0.3 is 5.97 Å². The number of fused-ring (bicyclic) bond motifs is 1. The third kappa shape index (κ3) is 5.09. The topological polar surface area (TPSA) is 105 Å². The molecule has 4 rings (SSSR count). The average molecular weight is 464 g/mol. The van der Waals surface area contributed by atoms with E-state index in [1.807, 2.05) is 6.07 Å². The van der Waals surface area contributed by atoms with E-state index in [1.165, 1.54) is 6.07 Å². The fourth-order valence-corrected chi connectivity index (χ4v) is 4.58. The molecule has 33 heavy (non-hydrogen) atoms.